The van der Waals surface area contributed by atoms with Crippen LogP contribution >= 0.6 is 0 Å². The number of hydrogen-bond acceptors (Lipinski definition) is 3. The maximum atomic E-state index is 5.73. The molecule has 0 aromatic carbocycles. The van der Waals surface area contributed by atoms with Crippen molar-refractivity contribution in [2.24, 2.45) is 0 Å². The third-order valence-electron chi connectivity index (χ3n) is 3.22. The molecule has 0 spiro atoms. The molecule has 0 fully saturated rings. The van der Waals surface area contributed by atoms with Crippen molar-refractivity contribution >= 4 is 5.82 Å². The largest absolute Gasteiger partial charge is 0.494 e. The number of allylic oxidation sites excluding steroid dienone is 3. The average Bonchev–Trinajstić information content (AvgIpc) is 2.39. The molecule has 0 unspecified atom stereocenters. The van der Waals surface area contributed by atoms with Gasteiger partial charge in [0.05, 0.1) is 12.2 Å². The zero-order valence-corrected chi connectivity index (χ0v) is 10.0. The molecule has 3 rings (SSSR count). The first-order chi connectivity index (χ1) is 8.36. The van der Waals surface area contributed by atoms with E-state index in [-0.39, 0.29) is 0 Å². The lowest BCUT2D eigenvalue weighted by Crippen LogP contribution is -2.33. The summed E-state index contributed by atoms with van der Waals surface area (Å²) >= 11 is 0. The highest BCUT2D eigenvalue weighted by Gasteiger charge is 2.23. The van der Waals surface area contributed by atoms with Gasteiger partial charge >= 0.3 is 0 Å². The maximum absolute atomic E-state index is 5.73. The monoisotopic (exact) mass is 228 g/mol. The summed E-state index contributed by atoms with van der Waals surface area (Å²) in [4.78, 5) is 6.76. The standard InChI is InChI=1S/C14H16N2O/c1-11-5-4-8-15-14(11)16-9-10-17-13-7-3-2-6-12(13)16/h2,4-6,8H,3,7,9-10H2,1H3. The van der Waals surface area contributed by atoms with Crippen molar-refractivity contribution in [2.75, 3.05) is 18.1 Å². The van der Waals surface area contributed by atoms with Gasteiger partial charge in [-0.3, -0.25) is 0 Å². The number of aromatic nitrogens is 1. The van der Waals surface area contributed by atoms with Gasteiger partial charge < -0.3 is 9.64 Å². The smallest absolute Gasteiger partial charge is 0.136 e. The van der Waals surface area contributed by atoms with Gasteiger partial charge in [-0.1, -0.05) is 12.1 Å². The summed E-state index contributed by atoms with van der Waals surface area (Å²) in [6.07, 6.45) is 8.30. The van der Waals surface area contributed by atoms with Crippen LogP contribution in [-0.4, -0.2) is 18.1 Å². The zero-order valence-electron chi connectivity index (χ0n) is 10.0. The Kier molecular flexibility index (Phi) is 2.59. The van der Waals surface area contributed by atoms with E-state index in [9.17, 15) is 0 Å². The van der Waals surface area contributed by atoms with Gasteiger partial charge in [0.1, 0.15) is 18.2 Å². The molecule has 0 radical (unpaired) electrons. The van der Waals surface area contributed by atoms with Gasteiger partial charge in [0, 0.05) is 12.6 Å². The fraction of sp³-hybridized carbons (Fsp3) is 0.357. The van der Waals surface area contributed by atoms with Crippen LogP contribution in [0.3, 0.4) is 0 Å². The average molecular weight is 228 g/mol. The molecule has 0 saturated carbocycles. The SMILES string of the molecule is Cc1cccnc1N1CCOC2=C1C=CCC2. The first kappa shape index (κ1) is 10.4. The summed E-state index contributed by atoms with van der Waals surface area (Å²) < 4.78 is 5.73. The second-order valence-electron chi connectivity index (χ2n) is 4.39. The van der Waals surface area contributed by atoms with Gasteiger partial charge in [0.2, 0.25) is 0 Å². The molecule has 0 saturated heterocycles. The topological polar surface area (TPSA) is 25.4 Å². The van der Waals surface area contributed by atoms with Crippen LogP contribution in [0.2, 0.25) is 0 Å². The molecule has 3 heteroatoms. The van der Waals surface area contributed by atoms with Gasteiger partial charge in [0.25, 0.3) is 0 Å². The molecule has 0 atom stereocenters. The third kappa shape index (κ3) is 1.82. The number of anilines is 1. The highest BCUT2D eigenvalue weighted by Crippen LogP contribution is 2.30. The van der Waals surface area contributed by atoms with E-state index in [1.807, 2.05) is 12.3 Å². The van der Waals surface area contributed by atoms with Crippen LogP contribution in [-0.2, 0) is 4.74 Å². The lowest BCUT2D eigenvalue weighted by Gasteiger charge is -2.33. The molecule has 1 aliphatic heterocycles. The Hall–Kier alpha value is -1.77. The fourth-order valence-electron chi connectivity index (χ4n) is 2.38. The lowest BCUT2D eigenvalue weighted by atomic mass is 10.1. The summed E-state index contributed by atoms with van der Waals surface area (Å²) in [6, 6.07) is 4.08. The molecular weight excluding hydrogens is 212 g/mol. The Morgan fingerprint density at radius 1 is 1.41 bits per heavy atom. The van der Waals surface area contributed by atoms with Crippen molar-refractivity contribution in [3.63, 3.8) is 0 Å². The highest BCUT2D eigenvalue weighted by atomic mass is 16.5. The minimum atomic E-state index is 0.753. The van der Waals surface area contributed by atoms with Crippen molar-refractivity contribution in [3.05, 3.63) is 47.5 Å². The molecule has 17 heavy (non-hydrogen) atoms. The molecule has 88 valence electrons. The Morgan fingerprint density at radius 3 is 3.24 bits per heavy atom. The normalized spacial score (nSPS) is 19.0. The van der Waals surface area contributed by atoms with Crippen LogP contribution in [0.4, 0.5) is 5.82 Å². The predicted octanol–water partition coefficient (Wildman–Crippen LogP) is 2.79. The predicted molar refractivity (Wildman–Crippen MR) is 67.7 cm³/mol. The van der Waals surface area contributed by atoms with Crippen LogP contribution in [0, 0.1) is 6.92 Å². The van der Waals surface area contributed by atoms with Crippen molar-refractivity contribution in [1.29, 1.82) is 0 Å². The fourth-order valence-corrected chi connectivity index (χ4v) is 2.38. The zero-order chi connectivity index (χ0) is 11.7. The van der Waals surface area contributed by atoms with Crippen molar-refractivity contribution in [3.8, 4) is 0 Å². The minimum Gasteiger partial charge on any atom is -0.494 e. The van der Waals surface area contributed by atoms with E-state index < -0.39 is 0 Å². The second kappa shape index (κ2) is 4.24. The van der Waals surface area contributed by atoms with Gasteiger partial charge in [0.15, 0.2) is 0 Å². The van der Waals surface area contributed by atoms with Crippen LogP contribution < -0.4 is 4.90 Å². The van der Waals surface area contributed by atoms with Crippen LogP contribution in [0.1, 0.15) is 18.4 Å². The number of ether oxygens (including phenoxy) is 1. The molecule has 0 N–H and O–H groups in total. The summed E-state index contributed by atoms with van der Waals surface area (Å²) in [6.45, 7) is 3.73. The summed E-state index contributed by atoms with van der Waals surface area (Å²) in [5.74, 6) is 2.17. The van der Waals surface area contributed by atoms with Gasteiger partial charge in [-0.15, -0.1) is 0 Å². The Labute approximate surface area is 101 Å². The van der Waals surface area contributed by atoms with Crippen LogP contribution in [0.5, 0.6) is 0 Å². The van der Waals surface area contributed by atoms with E-state index in [4.69, 9.17) is 4.74 Å². The van der Waals surface area contributed by atoms with Crippen LogP contribution in [0.25, 0.3) is 0 Å². The number of hydrogen-bond donors (Lipinski definition) is 0. The lowest BCUT2D eigenvalue weighted by molar-refractivity contribution is 0.191. The number of nitrogens with zero attached hydrogens (tertiary/aromatic N) is 2. The molecule has 1 aliphatic carbocycles. The molecule has 0 bridgehead atoms. The van der Waals surface area contributed by atoms with E-state index in [0.717, 1.165) is 37.6 Å². The van der Waals surface area contributed by atoms with E-state index in [1.165, 1.54) is 11.3 Å². The van der Waals surface area contributed by atoms with E-state index >= 15 is 0 Å². The van der Waals surface area contributed by atoms with E-state index in [0.29, 0.717) is 0 Å². The Bertz CT molecular complexity index is 491. The molecule has 0 amide bonds. The molecule has 2 heterocycles. The number of pyridine rings is 1. The molecule has 1 aromatic heterocycles. The summed E-state index contributed by atoms with van der Waals surface area (Å²) in [7, 11) is 0. The maximum Gasteiger partial charge on any atom is 0.136 e. The molecule has 1 aromatic rings. The first-order valence-corrected chi connectivity index (χ1v) is 6.08. The molecule has 2 aliphatic rings. The minimum absolute atomic E-state index is 0.753. The second-order valence-corrected chi connectivity index (χ2v) is 4.39. The van der Waals surface area contributed by atoms with Gasteiger partial charge in [-0.25, -0.2) is 4.98 Å². The van der Waals surface area contributed by atoms with Crippen molar-refractivity contribution in [2.45, 2.75) is 19.8 Å². The highest BCUT2D eigenvalue weighted by molar-refractivity contribution is 5.56. The molecular formula is C14H16N2O. The summed E-state index contributed by atoms with van der Waals surface area (Å²) in [5.41, 5.74) is 2.39. The van der Waals surface area contributed by atoms with Gasteiger partial charge in [-0.2, -0.15) is 0 Å². The van der Waals surface area contributed by atoms with E-state index in [1.54, 1.807) is 0 Å². The Morgan fingerprint density at radius 2 is 2.35 bits per heavy atom. The number of aryl methyl sites for hydroxylation is 1. The quantitative estimate of drug-likeness (QED) is 0.739. The Balaban J connectivity index is 2.03. The van der Waals surface area contributed by atoms with E-state index in [2.05, 4.69) is 35.0 Å². The number of rotatable bonds is 1. The van der Waals surface area contributed by atoms with Crippen molar-refractivity contribution < 1.29 is 4.74 Å². The van der Waals surface area contributed by atoms with Crippen LogP contribution in [0.15, 0.2) is 41.9 Å². The summed E-state index contributed by atoms with van der Waals surface area (Å²) in [5, 5.41) is 0. The van der Waals surface area contributed by atoms with Crippen molar-refractivity contribution in [1.82, 2.24) is 4.98 Å². The van der Waals surface area contributed by atoms with Gasteiger partial charge in [-0.05, 0) is 31.1 Å². The molecule has 3 nitrogen and oxygen atoms in total. The first-order valence-electron chi connectivity index (χ1n) is 6.08. The third-order valence-corrected chi connectivity index (χ3v) is 3.22.